The lowest BCUT2D eigenvalue weighted by Crippen LogP contribution is -2.07. The number of hydrogen-bond acceptors (Lipinski definition) is 5. The lowest BCUT2D eigenvalue weighted by Gasteiger charge is -2.09. The highest BCUT2D eigenvalue weighted by atomic mass is 16.5. The summed E-state index contributed by atoms with van der Waals surface area (Å²) in [6, 6.07) is 1.81. The molecule has 0 aromatic carbocycles. The fourth-order valence-electron chi connectivity index (χ4n) is 1.94. The minimum atomic E-state index is 0.254. The van der Waals surface area contributed by atoms with E-state index in [1.807, 2.05) is 6.07 Å². The van der Waals surface area contributed by atoms with Crippen molar-refractivity contribution in [3.8, 4) is 5.88 Å². The van der Waals surface area contributed by atoms with Crippen molar-refractivity contribution in [2.75, 3.05) is 24.2 Å². The average Bonchev–Trinajstić information content (AvgIpc) is 2.43. The normalized spacial score (nSPS) is 10.5. The van der Waals surface area contributed by atoms with Crippen LogP contribution in [0, 0.1) is 0 Å². The van der Waals surface area contributed by atoms with Gasteiger partial charge in [0.15, 0.2) is 0 Å². The van der Waals surface area contributed by atoms with Gasteiger partial charge in [0.1, 0.15) is 5.82 Å². The number of nitrogens with one attached hydrogen (secondary N) is 1. The van der Waals surface area contributed by atoms with Crippen LogP contribution in [0.25, 0.3) is 0 Å². The van der Waals surface area contributed by atoms with Crippen molar-refractivity contribution in [1.29, 1.82) is 0 Å². The number of anilines is 2. The summed E-state index contributed by atoms with van der Waals surface area (Å²) >= 11 is 0. The number of aromatic nitrogens is 2. The molecule has 0 atom stereocenters. The first kappa shape index (κ1) is 16.5. The molecule has 0 unspecified atom stereocenters. The zero-order chi connectivity index (χ0) is 14.6. The van der Waals surface area contributed by atoms with Crippen LogP contribution in [0.5, 0.6) is 5.88 Å². The SMILES string of the molecule is CCCCCCCCNc1cc(OCCC)nc(N)n1. The first-order chi connectivity index (χ1) is 9.76. The molecule has 0 saturated heterocycles. The molecule has 0 bridgehead atoms. The summed E-state index contributed by atoms with van der Waals surface area (Å²) in [5.41, 5.74) is 5.67. The molecular formula is C15H28N4O. The fraction of sp³-hybridized carbons (Fsp3) is 0.733. The van der Waals surface area contributed by atoms with E-state index < -0.39 is 0 Å². The van der Waals surface area contributed by atoms with Gasteiger partial charge in [0.2, 0.25) is 11.8 Å². The van der Waals surface area contributed by atoms with Gasteiger partial charge < -0.3 is 15.8 Å². The third-order valence-corrected chi connectivity index (χ3v) is 3.01. The molecule has 1 heterocycles. The molecular weight excluding hydrogens is 252 g/mol. The van der Waals surface area contributed by atoms with Crippen molar-refractivity contribution in [1.82, 2.24) is 9.97 Å². The molecule has 1 rings (SSSR count). The van der Waals surface area contributed by atoms with Crippen molar-refractivity contribution >= 4 is 11.8 Å². The Morgan fingerprint density at radius 3 is 2.55 bits per heavy atom. The van der Waals surface area contributed by atoms with E-state index in [1.165, 1.54) is 32.1 Å². The van der Waals surface area contributed by atoms with E-state index in [0.29, 0.717) is 12.5 Å². The van der Waals surface area contributed by atoms with E-state index in [2.05, 4.69) is 29.1 Å². The Morgan fingerprint density at radius 1 is 1.05 bits per heavy atom. The molecule has 3 N–H and O–H groups in total. The quantitative estimate of drug-likeness (QED) is 0.606. The second-order valence-electron chi connectivity index (χ2n) is 4.99. The number of nitrogen functional groups attached to an aromatic ring is 1. The maximum absolute atomic E-state index is 5.67. The molecule has 0 aliphatic rings. The summed E-state index contributed by atoms with van der Waals surface area (Å²) in [5.74, 6) is 1.55. The van der Waals surface area contributed by atoms with Crippen LogP contribution in [0.1, 0.15) is 58.8 Å². The van der Waals surface area contributed by atoms with Crippen molar-refractivity contribution in [3.05, 3.63) is 6.07 Å². The molecule has 0 saturated carbocycles. The van der Waals surface area contributed by atoms with Crippen molar-refractivity contribution in [2.24, 2.45) is 0 Å². The van der Waals surface area contributed by atoms with E-state index in [4.69, 9.17) is 10.5 Å². The summed E-state index contributed by atoms with van der Waals surface area (Å²) in [7, 11) is 0. The van der Waals surface area contributed by atoms with Gasteiger partial charge in [-0.05, 0) is 12.8 Å². The molecule has 0 radical (unpaired) electrons. The zero-order valence-electron chi connectivity index (χ0n) is 12.8. The van der Waals surface area contributed by atoms with Gasteiger partial charge in [-0.3, -0.25) is 0 Å². The average molecular weight is 280 g/mol. The Hall–Kier alpha value is -1.52. The van der Waals surface area contributed by atoms with Crippen molar-refractivity contribution in [2.45, 2.75) is 58.8 Å². The third kappa shape index (κ3) is 7.16. The monoisotopic (exact) mass is 280 g/mol. The molecule has 0 fully saturated rings. The fourth-order valence-corrected chi connectivity index (χ4v) is 1.94. The Kier molecular flexibility index (Phi) is 8.51. The minimum Gasteiger partial charge on any atom is -0.477 e. The lowest BCUT2D eigenvalue weighted by atomic mass is 10.1. The van der Waals surface area contributed by atoms with Gasteiger partial charge >= 0.3 is 0 Å². The summed E-state index contributed by atoms with van der Waals surface area (Å²) in [6.07, 6.45) is 8.64. The highest BCUT2D eigenvalue weighted by Crippen LogP contribution is 2.15. The summed E-state index contributed by atoms with van der Waals surface area (Å²) in [5, 5.41) is 3.28. The van der Waals surface area contributed by atoms with Gasteiger partial charge in [0, 0.05) is 12.6 Å². The Morgan fingerprint density at radius 2 is 1.80 bits per heavy atom. The van der Waals surface area contributed by atoms with E-state index >= 15 is 0 Å². The second-order valence-corrected chi connectivity index (χ2v) is 4.99. The molecule has 5 heteroatoms. The molecule has 5 nitrogen and oxygen atoms in total. The smallest absolute Gasteiger partial charge is 0.225 e. The van der Waals surface area contributed by atoms with Gasteiger partial charge in [-0.1, -0.05) is 46.0 Å². The van der Waals surface area contributed by atoms with Crippen molar-refractivity contribution < 1.29 is 4.74 Å². The van der Waals surface area contributed by atoms with Crippen LogP contribution in [0.15, 0.2) is 6.07 Å². The first-order valence-electron chi connectivity index (χ1n) is 7.77. The minimum absolute atomic E-state index is 0.254. The first-order valence-corrected chi connectivity index (χ1v) is 7.77. The van der Waals surface area contributed by atoms with Gasteiger partial charge in [-0.25, -0.2) is 0 Å². The van der Waals surface area contributed by atoms with Crippen LogP contribution in [0.4, 0.5) is 11.8 Å². The highest BCUT2D eigenvalue weighted by Gasteiger charge is 2.02. The summed E-state index contributed by atoms with van der Waals surface area (Å²) in [6.45, 7) is 5.85. The molecule has 1 aromatic heterocycles. The topological polar surface area (TPSA) is 73.1 Å². The Bertz CT molecular complexity index is 371. The van der Waals surface area contributed by atoms with E-state index in [1.54, 1.807) is 0 Å². The number of unbranched alkanes of at least 4 members (excludes halogenated alkanes) is 5. The standard InChI is InChI=1S/C15H28N4O/c1-3-5-6-7-8-9-10-17-13-12-14(20-11-4-2)19-15(16)18-13/h12H,3-11H2,1-2H3,(H3,16,17,18,19). The highest BCUT2D eigenvalue weighted by molar-refractivity contribution is 5.42. The number of rotatable bonds is 11. The van der Waals surface area contributed by atoms with Gasteiger partial charge in [0.05, 0.1) is 6.61 Å². The maximum atomic E-state index is 5.67. The van der Waals surface area contributed by atoms with Gasteiger partial charge in [-0.15, -0.1) is 0 Å². The Labute approximate surface area is 122 Å². The maximum Gasteiger partial charge on any atom is 0.225 e. The predicted molar refractivity (Wildman–Crippen MR) is 84.1 cm³/mol. The zero-order valence-corrected chi connectivity index (χ0v) is 12.8. The molecule has 0 amide bonds. The molecule has 0 aliphatic carbocycles. The number of nitrogens with two attached hydrogens (primary N) is 1. The van der Waals surface area contributed by atoms with Crippen LogP contribution in [0.3, 0.4) is 0 Å². The molecule has 114 valence electrons. The molecule has 0 aliphatic heterocycles. The van der Waals surface area contributed by atoms with Gasteiger partial charge in [0.25, 0.3) is 0 Å². The van der Waals surface area contributed by atoms with Crippen LogP contribution in [0.2, 0.25) is 0 Å². The van der Waals surface area contributed by atoms with E-state index in [-0.39, 0.29) is 5.95 Å². The van der Waals surface area contributed by atoms with E-state index in [9.17, 15) is 0 Å². The van der Waals surface area contributed by atoms with Crippen LogP contribution in [-0.2, 0) is 0 Å². The van der Waals surface area contributed by atoms with E-state index in [0.717, 1.165) is 25.2 Å². The second kappa shape index (κ2) is 10.3. The number of ether oxygens (including phenoxy) is 1. The number of nitrogens with zero attached hydrogens (tertiary/aromatic N) is 2. The van der Waals surface area contributed by atoms with Crippen LogP contribution < -0.4 is 15.8 Å². The Balaban J connectivity index is 2.26. The molecule has 0 spiro atoms. The van der Waals surface area contributed by atoms with Gasteiger partial charge in [-0.2, -0.15) is 9.97 Å². The number of hydrogen-bond donors (Lipinski definition) is 2. The lowest BCUT2D eigenvalue weighted by molar-refractivity contribution is 0.305. The molecule has 1 aromatic rings. The van der Waals surface area contributed by atoms with Crippen molar-refractivity contribution in [3.63, 3.8) is 0 Å². The molecule has 20 heavy (non-hydrogen) atoms. The third-order valence-electron chi connectivity index (χ3n) is 3.01. The predicted octanol–water partition coefficient (Wildman–Crippen LogP) is 3.62. The van der Waals surface area contributed by atoms with Crippen LogP contribution >= 0.6 is 0 Å². The largest absolute Gasteiger partial charge is 0.477 e. The summed E-state index contributed by atoms with van der Waals surface area (Å²) < 4.78 is 5.48. The van der Waals surface area contributed by atoms with Crippen LogP contribution in [-0.4, -0.2) is 23.1 Å². The summed E-state index contributed by atoms with van der Waals surface area (Å²) in [4.78, 5) is 8.22.